The van der Waals surface area contributed by atoms with Crippen LogP contribution in [0.4, 0.5) is 20.3 Å². The van der Waals surface area contributed by atoms with Crippen molar-refractivity contribution in [3.8, 4) is 11.1 Å². The van der Waals surface area contributed by atoms with Crippen LogP contribution in [0.15, 0.2) is 54.7 Å². The number of nitrogens with zero attached hydrogens (tertiary/aromatic N) is 1. The third-order valence-corrected chi connectivity index (χ3v) is 5.94. The Balaban J connectivity index is 1.54. The molecular formula is C24H25ClF2N4. The van der Waals surface area contributed by atoms with E-state index in [-0.39, 0.29) is 11.9 Å². The van der Waals surface area contributed by atoms with Gasteiger partial charge in [-0.1, -0.05) is 35.9 Å². The Morgan fingerprint density at radius 2 is 1.77 bits per heavy atom. The molecule has 1 heterocycles. The standard InChI is InChI=1S/C24H25ClF2N4/c25-21-14-30-23(31-18-9-7-17(28)8-10-18)12-20(21)19-5-2-6-22(24(19)27)29-13-15-3-1-4-16(26)11-15/h1-6,11-12,14,17-18,29H,7-10,13,28H2,(H,30,31)/t17-,18-. The molecular weight excluding hydrogens is 418 g/mol. The number of anilines is 2. The SMILES string of the molecule is N[C@H]1CC[C@H](Nc2cc(-c3cccc(NCc4cccc(F)c4)c3F)c(Cl)cn2)CC1. The molecule has 7 heteroatoms. The molecule has 0 atom stereocenters. The molecule has 0 spiro atoms. The van der Waals surface area contributed by atoms with Crippen molar-refractivity contribution in [2.75, 3.05) is 10.6 Å². The zero-order valence-corrected chi connectivity index (χ0v) is 17.8. The second-order valence-corrected chi connectivity index (χ2v) is 8.36. The number of hydrogen-bond donors (Lipinski definition) is 3. The van der Waals surface area contributed by atoms with E-state index in [9.17, 15) is 4.39 Å². The second kappa shape index (κ2) is 9.62. The van der Waals surface area contributed by atoms with Gasteiger partial charge in [-0.2, -0.15) is 0 Å². The molecule has 4 N–H and O–H groups in total. The Bertz CT molecular complexity index is 1050. The zero-order valence-electron chi connectivity index (χ0n) is 17.0. The Kier molecular flexibility index (Phi) is 6.68. The van der Waals surface area contributed by atoms with Gasteiger partial charge in [0.2, 0.25) is 0 Å². The molecule has 1 aliphatic carbocycles. The van der Waals surface area contributed by atoms with E-state index < -0.39 is 5.82 Å². The van der Waals surface area contributed by atoms with Crippen molar-refractivity contribution in [1.82, 2.24) is 4.98 Å². The second-order valence-electron chi connectivity index (χ2n) is 7.96. The Morgan fingerprint density at radius 3 is 2.55 bits per heavy atom. The van der Waals surface area contributed by atoms with E-state index >= 15 is 4.39 Å². The van der Waals surface area contributed by atoms with E-state index in [1.807, 2.05) is 0 Å². The minimum absolute atomic E-state index is 0.267. The summed E-state index contributed by atoms with van der Waals surface area (Å²) in [5.74, 6) is -0.0731. The summed E-state index contributed by atoms with van der Waals surface area (Å²) in [5, 5.41) is 6.84. The van der Waals surface area contributed by atoms with E-state index in [0.29, 0.717) is 40.2 Å². The first kappa shape index (κ1) is 21.5. The van der Waals surface area contributed by atoms with Crippen molar-refractivity contribution in [2.24, 2.45) is 5.73 Å². The summed E-state index contributed by atoms with van der Waals surface area (Å²) >= 11 is 6.37. The number of benzene rings is 2. The topological polar surface area (TPSA) is 63.0 Å². The van der Waals surface area contributed by atoms with Crippen LogP contribution in [0.1, 0.15) is 31.2 Å². The normalized spacial score (nSPS) is 18.6. The van der Waals surface area contributed by atoms with Crippen molar-refractivity contribution < 1.29 is 8.78 Å². The molecule has 4 nitrogen and oxygen atoms in total. The maximum Gasteiger partial charge on any atom is 0.154 e. The molecule has 31 heavy (non-hydrogen) atoms. The lowest BCUT2D eigenvalue weighted by Crippen LogP contribution is -2.33. The average molecular weight is 443 g/mol. The summed E-state index contributed by atoms with van der Waals surface area (Å²) < 4.78 is 28.7. The van der Waals surface area contributed by atoms with Gasteiger partial charge in [0.05, 0.1) is 10.7 Å². The fraction of sp³-hybridized carbons (Fsp3) is 0.292. The lowest BCUT2D eigenvalue weighted by atomic mass is 9.92. The number of aromatic nitrogens is 1. The summed E-state index contributed by atoms with van der Waals surface area (Å²) in [4.78, 5) is 4.37. The van der Waals surface area contributed by atoms with Crippen LogP contribution < -0.4 is 16.4 Å². The van der Waals surface area contributed by atoms with Gasteiger partial charge in [0.15, 0.2) is 5.82 Å². The van der Waals surface area contributed by atoms with Crippen LogP contribution in [0.3, 0.4) is 0 Å². The largest absolute Gasteiger partial charge is 0.379 e. The van der Waals surface area contributed by atoms with E-state index in [1.165, 1.54) is 12.1 Å². The minimum Gasteiger partial charge on any atom is -0.379 e. The van der Waals surface area contributed by atoms with E-state index in [0.717, 1.165) is 31.2 Å². The number of halogens is 3. The van der Waals surface area contributed by atoms with Gasteiger partial charge in [-0.3, -0.25) is 0 Å². The Labute approximate surface area is 185 Å². The Hall–Kier alpha value is -2.70. The highest BCUT2D eigenvalue weighted by atomic mass is 35.5. The summed E-state index contributed by atoms with van der Waals surface area (Å²) in [6, 6.07) is 13.7. The van der Waals surface area contributed by atoms with Gasteiger partial charge in [-0.15, -0.1) is 0 Å². The zero-order chi connectivity index (χ0) is 21.8. The molecule has 0 amide bonds. The first-order valence-corrected chi connectivity index (χ1v) is 10.8. The van der Waals surface area contributed by atoms with Crippen LogP contribution in [-0.4, -0.2) is 17.1 Å². The molecule has 162 valence electrons. The molecule has 2 aromatic carbocycles. The van der Waals surface area contributed by atoms with Crippen molar-refractivity contribution in [3.05, 3.63) is 76.9 Å². The lowest BCUT2D eigenvalue weighted by Gasteiger charge is -2.27. The summed E-state index contributed by atoms with van der Waals surface area (Å²) in [5.41, 5.74) is 7.98. The maximum atomic E-state index is 15.3. The number of hydrogen-bond acceptors (Lipinski definition) is 4. The third kappa shape index (κ3) is 5.32. The van der Waals surface area contributed by atoms with Gasteiger partial charge in [-0.25, -0.2) is 13.8 Å². The quantitative estimate of drug-likeness (QED) is 0.439. The molecule has 4 rings (SSSR count). The minimum atomic E-state index is -0.415. The van der Waals surface area contributed by atoms with Crippen LogP contribution in [0.5, 0.6) is 0 Å². The number of nitrogens with one attached hydrogen (secondary N) is 2. The monoisotopic (exact) mass is 442 g/mol. The smallest absolute Gasteiger partial charge is 0.154 e. The van der Waals surface area contributed by atoms with E-state index in [1.54, 1.807) is 42.6 Å². The van der Waals surface area contributed by atoms with Gasteiger partial charge in [-0.05, 0) is 55.5 Å². The molecule has 0 unspecified atom stereocenters. The fourth-order valence-corrected chi connectivity index (χ4v) is 4.12. The van der Waals surface area contributed by atoms with Crippen LogP contribution in [0, 0.1) is 11.6 Å². The molecule has 1 fully saturated rings. The molecule has 1 aliphatic rings. The van der Waals surface area contributed by atoms with Gasteiger partial charge in [0.25, 0.3) is 0 Å². The predicted molar refractivity (Wildman–Crippen MR) is 122 cm³/mol. The molecule has 1 saturated carbocycles. The summed E-state index contributed by atoms with van der Waals surface area (Å²) in [7, 11) is 0. The lowest BCUT2D eigenvalue weighted by molar-refractivity contribution is 0.410. The van der Waals surface area contributed by atoms with E-state index in [4.69, 9.17) is 17.3 Å². The predicted octanol–water partition coefficient (Wildman–Crippen LogP) is 5.97. The average Bonchev–Trinajstić information content (AvgIpc) is 2.76. The summed E-state index contributed by atoms with van der Waals surface area (Å²) in [6.07, 6.45) is 5.46. The van der Waals surface area contributed by atoms with Crippen molar-refractivity contribution in [1.29, 1.82) is 0 Å². The fourth-order valence-electron chi connectivity index (χ4n) is 3.92. The third-order valence-electron chi connectivity index (χ3n) is 5.64. The molecule has 0 saturated heterocycles. The van der Waals surface area contributed by atoms with Crippen molar-refractivity contribution in [3.63, 3.8) is 0 Å². The van der Waals surface area contributed by atoms with Crippen molar-refractivity contribution >= 4 is 23.1 Å². The van der Waals surface area contributed by atoms with Crippen LogP contribution in [-0.2, 0) is 6.54 Å². The first-order chi connectivity index (χ1) is 15.0. The van der Waals surface area contributed by atoms with Gasteiger partial charge in [0, 0.05) is 36.0 Å². The van der Waals surface area contributed by atoms with Crippen LogP contribution in [0.2, 0.25) is 5.02 Å². The van der Waals surface area contributed by atoms with Crippen molar-refractivity contribution in [2.45, 2.75) is 44.3 Å². The highest BCUT2D eigenvalue weighted by molar-refractivity contribution is 6.33. The summed E-state index contributed by atoms with van der Waals surface area (Å²) in [6.45, 7) is 0.304. The van der Waals surface area contributed by atoms with Crippen LogP contribution in [0.25, 0.3) is 11.1 Å². The molecule has 0 bridgehead atoms. The van der Waals surface area contributed by atoms with Gasteiger partial charge in [0.1, 0.15) is 11.6 Å². The Morgan fingerprint density at radius 1 is 1.00 bits per heavy atom. The number of nitrogens with two attached hydrogens (primary N) is 1. The highest BCUT2D eigenvalue weighted by Crippen LogP contribution is 2.34. The molecule has 0 radical (unpaired) electrons. The molecule has 1 aromatic heterocycles. The van der Waals surface area contributed by atoms with E-state index in [2.05, 4.69) is 15.6 Å². The maximum absolute atomic E-state index is 15.3. The van der Waals surface area contributed by atoms with Gasteiger partial charge < -0.3 is 16.4 Å². The first-order valence-electron chi connectivity index (χ1n) is 10.4. The van der Waals surface area contributed by atoms with Gasteiger partial charge >= 0.3 is 0 Å². The highest BCUT2D eigenvalue weighted by Gasteiger charge is 2.20. The van der Waals surface area contributed by atoms with Crippen LogP contribution >= 0.6 is 11.6 Å². The molecule has 3 aromatic rings. The number of rotatable bonds is 6. The molecule has 0 aliphatic heterocycles. The number of pyridine rings is 1.